The molecule has 0 saturated carbocycles. The lowest BCUT2D eigenvalue weighted by molar-refractivity contribution is 0.0943. The molecule has 0 aliphatic heterocycles. The molecular formula is C9H11BrN2O2. The molecule has 0 aromatic carbocycles. The molecule has 1 rings (SSSR count). The van der Waals surface area contributed by atoms with Crippen molar-refractivity contribution >= 4 is 21.8 Å². The molecule has 76 valence electrons. The Balaban J connectivity index is 2.70. The number of aromatic nitrogens is 1. The molecule has 0 radical (unpaired) electrons. The first kappa shape index (κ1) is 11.0. The molecule has 1 aromatic rings. The first-order valence-electron chi connectivity index (χ1n) is 4.19. The maximum atomic E-state index is 11.5. The van der Waals surface area contributed by atoms with Gasteiger partial charge in [0.25, 0.3) is 5.91 Å². The van der Waals surface area contributed by atoms with Crippen molar-refractivity contribution in [3.63, 3.8) is 0 Å². The molecule has 1 amide bonds. The van der Waals surface area contributed by atoms with E-state index in [2.05, 4.69) is 26.2 Å². The highest BCUT2D eigenvalue weighted by Gasteiger charge is 2.07. The lowest BCUT2D eigenvalue weighted by Crippen LogP contribution is -2.33. The van der Waals surface area contributed by atoms with E-state index < -0.39 is 0 Å². The van der Waals surface area contributed by atoms with Crippen LogP contribution in [0.5, 0.6) is 0 Å². The van der Waals surface area contributed by atoms with Crippen molar-refractivity contribution in [1.29, 1.82) is 0 Å². The number of nitrogens with one attached hydrogen (secondary N) is 2. The molecule has 1 atom stereocenters. The van der Waals surface area contributed by atoms with Crippen LogP contribution in [0.2, 0.25) is 0 Å². The fourth-order valence-corrected chi connectivity index (χ4v) is 1.06. The average Bonchev–Trinajstić information content (AvgIpc) is 2.18. The monoisotopic (exact) mass is 258 g/mol. The maximum Gasteiger partial charge on any atom is 0.252 e. The van der Waals surface area contributed by atoms with Crippen molar-refractivity contribution in [3.8, 4) is 0 Å². The summed E-state index contributed by atoms with van der Waals surface area (Å²) in [5, 5.41) is 3.45. The quantitative estimate of drug-likeness (QED) is 0.792. The molecule has 1 heterocycles. The number of carbonyl (C=O) groups excluding carboxylic acids is 1. The Hall–Kier alpha value is -1.10. The van der Waals surface area contributed by atoms with E-state index in [1.165, 1.54) is 18.3 Å². The average molecular weight is 259 g/mol. The molecule has 5 heteroatoms. The zero-order valence-corrected chi connectivity index (χ0v) is 9.30. The number of aromatic amines is 1. The number of hydrogen-bond acceptors (Lipinski definition) is 2. The van der Waals surface area contributed by atoms with Gasteiger partial charge in [-0.25, -0.2) is 0 Å². The number of amides is 1. The van der Waals surface area contributed by atoms with Gasteiger partial charge in [0.15, 0.2) is 0 Å². The largest absolute Gasteiger partial charge is 0.349 e. The normalized spacial score (nSPS) is 12.1. The van der Waals surface area contributed by atoms with Gasteiger partial charge in [-0.3, -0.25) is 9.59 Å². The third-order valence-electron chi connectivity index (χ3n) is 1.66. The minimum Gasteiger partial charge on any atom is -0.349 e. The van der Waals surface area contributed by atoms with Crippen molar-refractivity contribution in [1.82, 2.24) is 10.3 Å². The van der Waals surface area contributed by atoms with Crippen LogP contribution >= 0.6 is 15.9 Å². The van der Waals surface area contributed by atoms with Crippen molar-refractivity contribution in [2.45, 2.75) is 13.0 Å². The maximum absolute atomic E-state index is 11.5. The lowest BCUT2D eigenvalue weighted by Gasteiger charge is -2.09. The number of rotatable bonds is 3. The van der Waals surface area contributed by atoms with Crippen molar-refractivity contribution < 1.29 is 4.79 Å². The van der Waals surface area contributed by atoms with Crippen LogP contribution in [0.15, 0.2) is 23.1 Å². The highest BCUT2D eigenvalue weighted by atomic mass is 79.9. The van der Waals surface area contributed by atoms with Gasteiger partial charge in [0.1, 0.15) is 0 Å². The molecule has 0 saturated heterocycles. The molecule has 2 N–H and O–H groups in total. The summed E-state index contributed by atoms with van der Waals surface area (Å²) in [6, 6.07) is 2.89. The van der Waals surface area contributed by atoms with Gasteiger partial charge in [-0.15, -0.1) is 0 Å². The van der Waals surface area contributed by atoms with Crippen molar-refractivity contribution in [3.05, 3.63) is 34.2 Å². The van der Waals surface area contributed by atoms with Gasteiger partial charge in [-0.05, 0) is 13.0 Å². The molecule has 0 aliphatic rings. The summed E-state index contributed by atoms with van der Waals surface area (Å²) >= 11 is 3.25. The van der Waals surface area contributed by atoms with Crippen LogP contribution in [-0.4, -0.2) is 22.3 Å². The molecular weight excluding hydrogens is 248 g/mol. The number of halogens is 1. The molecule has 1 aromatic heterocycles. The number of alkyl halides is 1. The first-order valence-corrected chi connectivity index (χ1v) is 5.31. The van der Waals surface area contributed by atoms with Gasteiger partial charge >= 0.3 is 0 Å². The Labute approximate surface area is 89.9 Å². The summed E-state index contributed by atoms with van der Waals surface area (Å²) < 4.78 is 0. The Morgan fingerprint density at radius 3 is 2.86 bits per heavy atom. The number of pyridine rings is 1. The lowest BCUT2D eigenvalue weighted by atomic mass is 10.2. The van der Waals surface area contributed by atoms with Crippen molar-refractivity contribution in [2.24, 2.45) is 0 Å². The van der Waals surface area contributed by atoms with Gasteiger partial charge in [-0.2, -0.15) is 0 Å². The second-order valence-electron chi connectivity index (χ2n) is 2.97. The van der Waals surface area contributed by atoms with E-state index in [1.54, 1.807) is 0 Å². The Kier molecular flexibility index (Phi) is 3.88. The molecule has 0 bridgehead atoms. The molecule has 14 heavy (non-hydrogen) atoms. The summed E-state index contributed by atoms with van der Waals surface area (Å²) in [4.78, 5) is 24.6. The van der Waals surface area contributed by atoms with E-state index in [1.807, 2.05) is 6.92 Å². The minimum absolute atomic E-state index is 0.0643. The topological polar surface area (TPSA) is 62.0 Å². The highest BCUT2D eigenvalue weighted by molar-refractivity contribution is 9.09. The summed E-state index contributed by atoms with van der Waals surface area (Å²) in [5.74, 6) is -0.187. The number of H-pyrrole nitrogens is 1. The van der Waals surface area contributed by atoms with Crippen LogP contribution < -0.4 is 10.9 Å². The summed E-state index contributed by atoms with van der Waals surface area (Å²) in [6.07, 6.45) is 1.40. The van der Waals surface area contributed by atoms with Crippen LogP contribution in [0.25, 0.3) is 0 Å². The van der Waals surface area contributed by atoms with E-state index in [0.717, 1.165) is 0 Å². The van der Waals surface area contributed by atoms with Gasteiger partial charge in [-0.1, -0.05) is 15.9 Å². The number of carbonyl (C=O) groups is 1. The fourth-order valence-electron chi connectivity index (χ4n) is 0.898. The van der Waals surface area contributed by atoms with Crippen molar-refractivity contribution in [2.75, 3.05) is 5.33 Å². The van der Waals surface area contributed by atoms with Crippen LogP contribution in [0.3, 0.4) is 0 Å². The van der Waals surface area contributed by atoms with E-state index in [0.29, 0.717) is 10.9 Å². The van der Waals surface area contributed by atoms with Gasteiger partial charge in [0.05, 0.1) is 5.56 Å². The standard InChI is InChI=1S/C9H11BrN2O2/c1-6(4-10)12-9(14)7-2-3-8(13)11-5-7/h2-3,5-6H,4H2,1H3,(H,11,13)(H,12,14). The van der Waals surface area contributed by atoms with Crippen LogP contribution in [0.1, 0.15) is 17.3 Å². The summed E-state index contributed by atoms with van der Waals surface area (Å²) in [5.41, 5.74) is 0.243. The SMILES string of the molecule is CC(CBr)NC(=O)c1ccc(=O)[nH]c1. The second kappa shape index (κ2) is 4.95. The summed E-state index contributed by atoms with van der Waals surface area (Å²) in [7, 11) is 0. The van der Waals surface area contributed by atoms with E-state index in [9.17, 15) is 9.59 Å². The molecule has 0 aliphatic carbocycles. The number of hydrogen-bond donors (Lipinski definition) is 2. The highest BCUT2D eigenvalue weighted by Crippen LogP contribution is 1.96. The van der Waals surface area contributed by atoms with Crippen LogP contribution in [0.4, 0.5) is 0 Å². The van der Waals surface area contributed by atoms with Gasteiger partial charge in [0, 0.05) is 23.6 Å². The zero-order chi connectivity index (χ0) is 10.6. The summed E-state index contributed by atoms with van der Waals surface area (Å²) in [6.45, 7) is 1.89. The Morgan fingerprint density at radius 2 is 2.36 bits per heavy atom. The van der Waals surface area contributed by atoms with Crippen LogP contribution in [0, 0.1) is 0 Å². The predicted molar refractivity (Wildman–Crippen MR) is 57.8 cm³/mol. The second-order valence-corrected chi connectivity index (χ2v) is 3.62. The third kappa shape index (κ3) is 2.99. The smallest absolute Gasteiger partial charge is 0.252 e. The fraction of sp³-hybridized carbons (Fsp3) is 0.333. The van der Waals surface area contributed by atoms with Gasteiger partial charge in [0.2, 0.25) is 5.56 Å². The first-order chi connectivity index (χ1) is 6.63. The predicted octanol–water partition coefficient (Wildman–Crippen LogP) is 0.888. The minimum atomic E-state index is -0.213. The third-order valence-corrected chi connectivity index (χ3v) is 2.63. The van der Waals surface area contributed by atoms with E-state index in [-0.39, 0.29) is 17.5 Å². The molecule has 1 unspecified atom stereocenters. The van der Waals surface area contributed by atoms with Gasteiger partial charge < -0.3 is 10.3 Å². The molecule has 4 nitrogen and oxygen atoms in total. The Bertz CT molecular complexity index is 355. The molecule has 0 spiro atoms. The zero-order valence-electron chi connectivity index (χ0n) is 7.71. The Morgan fingerprint density at radius 1 is 1.64 bits per heavy atom. The van der Waals surface area contributed by atoms with E-state index in [4.69, 9.17) is 0 Å². The van der Waals surface area contributed by atoms with Crippen LogP contribution in [-0.2, 0) is 0 Å². The molecule has 0 fully saturated rings. The van der Waals surface area contributed by atoms with E-state index >= 15 is 0 Å².